The van der Waals surface area contributed by atoms with Gasteiger partial charge in [0.25, 0.3) is 0 Å². The summed E-state index contributed by atoms with van der Waals surface area (Å²) in [6, 6.07) is 12.4. The van der Waals surface area contributed by atoms with E-state index in [1.807, 2.05) is 12.1 Å². The Morgan fingerprint density at radius 1 is 1.15 bits per heavy atom. The minimum absolute atomic E-state index is 0.370. The van der Waals surface area contributed by atoms with E-state index in [4.69, 9.17) is 9.26 Å². The molecule has 0 bridgehead atoms. The predicted octanol–water partition coefficient (Wildman–Crippen LogP) is 3.50. The van der Waals surface area contributed by atoms with Crippen LogP contribution in [0.3, 0.4) is 0 Å². The molecule has 27 heavy (non-hydrogen) atoms. The van der Waals surface area contributed by atoms with Gasteiger partial charge in [-0.25, -0.2) is 0 Å². The normalized spacial score (nSPS) is 11.8. The fraction of sp³-hybridized carbons (Fsp3) is 0.524. The average Bonchev–Trinajstić information content (AvgIpc) is 3.16. The van der Waals surface area contributed by atoms with Gasteiger partial charge in [-0.2, -0.15) is 0 Å². The van der Waals surface area contributed by atoms with Gasteiger partial charge in [0, 0.05) is 26.3 Å². The summed E-state index contributed by atoms with van der Waals surface area (Å²) in [5.41, 5.74) is 2.29. The Kier molecular flexibility index (Phi) is 9.41. The van der Waals surface area contributed by atoms with Crippen molar-refractivity contribution in [1.82, 2.24) is 15.8 Å². The number of aromatic nitrogens is 1. The molecule has 2 aromatic rings. The zero-order chi connectivity index (χ0) is 19.3. The molecule has 1 aromatic carbocycles. The van der Waals surface area contributed by atoms with E-state index >= 15 is 0 Å². The molecule has 0 spiro atoms. The summed E-state index contributed by atoms with van der Waals surface area (Å²) in [6.07, 6.45) is 3.03. The van der Waals surface area contributed by atoms with Gasteiger partial charge in [0.1, 0.15) is 0 Å². The summed E-state index contributed by atoms with van der Waals surface area (Å²) in [5, 5.41) is 10.6. The molecule has 0 unspecified atom stereocenters. The topological polar surface area (TPSA) is 71.7 Å². The fourth-order valence-electron chi connectivity index (χ4n) is 2.55. The molecule has 0 saturated heterocycles. The predicted molar refractivity (Wildman–Crippen MR) is 109 cm³/mol. The van der Waals surface area contributed by atoms with Gasteiger partial charge in [-0.1, -0.05) is 49.3 Å². The molecule has 0 saturated carbocycles. The van der Waals surface area contributed by atoms with Crippen molar-refractivity contribution in [2.75, 3.05) is 26.8 Å². The molecule has 6 heteroatoms. The molecule has 2 N–H and O–H groups in total. The van der Waals surface area contributed by atoms with Crippen LogP contribution in [-0.2, 0) is 17.7 Å². The molecule has 1 heterocycles. The van der Waals surface area contributed by atoms with Crippen molar-refractivity contribution < 1.29 is 9.26 Å². The molecule has 0 radical (unpaired) electrons. The van der Waals surface area contributed by atoms with Gasteiger partial charge in [0.05, 0.1) is 18.8 Å². The highest BCUT2D eigenvalue weighted by Gasteiger charge is 2.08. The lowest BCUT2D eigenvalue weighted by Crippen LogP contribution is -2.37. The summed E-state index contributed by atoms with van der Waals surface area (Å²) < 4.78 is 11.0. The summed E-state index contributed by atoms with van der Waals surface area (Å²) in [7, 11) is 1.77. The number of nitrogens with one attached hydrogen (secondary N) is 2. The Morgan fingerprint density at radius 3 is 2.67 bits per heavy atom. The third-order valence-corrected chi connectivity index (χ3v) is 4.21. The standard InChI is InChI=1S/C21H32N4O2/c1-17(2)20-15-19(27-25-20)16-24-21(22-3)23-12-7-8-13-26-14-11-18-9-5-4-6-10-18/h4-6,9-10,15,17H,7-8,11-14,16H2,1-3H3,(H2,22,23,24). The van der Waals surface area contributed by atoms with Crippen LogP contribution in [0, 0.1) is 0 Å². The van der Waals surface area contributed by atoms with Crippen LogP contribution in [0.25, 0.3) is 0 Å². The highest BCUT2D eigenvalue weighted by atomic mass is 16.5. The van der Waals surface area contributed by atoms with E-state index in [1.165, 1.54) is 5.56 Å². The number of aliphatic imine (C=N–C) groups is 1. The molecular weight excluding hydrogens is 340 g/mol. The molecule has 0 amide bonds. The minimum atomic E-state index is 0.370. The zero-order valence-corrected chi connectivity index (χ0v) is 16.7. The Hall–Kier alpha value is -2.34. The zero-order valence-electron chi connectivity index (χ0n) is 16.7. The van der Waals surface area contributed by atoms with Crippen LogP contribution in [-0.4, -0.2) is 37.9 Å². The van der Waals surface area contributed by atoms with Crippen LogP contribution in [0.15, 0.2) is 45.9 Å². The summed E-state index contributed by atoms with van der Waals surface area (Å²) >= 11 is 0. The second-order valence-electron chi connectivity index (χ2n) is 6.78. The first-order valence-electron chi connectivity index (χ1n) is 9.70. The van der Waals surface area contributed by atoms with Crippen LogP contribution in [0.2, 0.25) is 0 Å². The summed E-state index contributed by atoms with van der Waals surface area (Å²) in [5.74, 6) is 1.95. The highest BCUT2D eigenvalue weighted by molar-refractivity contribution is 5.79. The largest absolute Gasteiger partial charge is 0.381 e. The first kappa shape index (κ1) is 21.0. The Balaban J connectivity index is 1.50. The molecule has 1 aromatic heterocycles. The number of hydrogen-bond acceptors (Lipinski definition) is 4. The van der Waals surface area contributed by atoms with Crippen LogP contribution < -0.4 is 10.6 Å². The van der Waals surface area contributed by atoms with E-state index in [9.17, 15) is 0 Å². The van der Waals surface area contributed by atoms with Crippen molar-refractivity contribution in [3.8, 4) is 0 Å². The molecule has 6 nitrogen and oxygen atoms in total. The summed E-state index contributed by atoms with van der Waals surface area (Å²) in [6.45, 7) is 7.19. The number of guanidine groups is 1. The highest BCUT2D eigenvalue weighted by Crippen LogP contribution is 2.13. The second-order valence-corrected chi connectivity index (χ2v) is 6.78. The molecule has 0 aliphatic heterocycles. The van der Waals surface area contributed by atoms with Crippen LogP contribution in [0.1, 0.15) is 49.6 Å². The van der Waals surface area contributed by atoms with Crippen molar-refractivity contribution in [2.24, 2.45) is 4.99 Å². The number of hydrogen-bond donors (Lipinski definition) is 2. The maximum atomic E-state index is 5.70. The third kappa shape index (κ3) is 8.26. The van der Waals surface area contributed by atoms with Crippen molar-refractivity contribution in [3.05, 3.63) is 53.4 Å². The minimum Gasteiger partial charge on any atom is -0.381 e. The molecule has 2 rings (SSSR count). The van der Waals surface area contributed by atoms with Crippen LogP contribution in [0.4, 0.5) is 0 Å². The number of ether oxygens (including phenoxy) is 1. The van der Waals surface area contributed by atoms with Crippen LogP contribution in [0.5, 0.6) is 0 Å². The van der Waals surface area contributed by atoms with Crippen LogP contribution >= 0.6 is 0 Å². The molecule has 0 atom stereocenters. The maximum Gasteiger partial charge on any atom is 0.191 e. The number of nitrogens with zero attached hydrogens (tertiary/aromatic N) is 2. The van der Waals surface area contributed by atoms with Gasteiger partial charge in [-0.15, -0.1) is 0 Å². The van der Waals surface area contributed by atoms with Gasteiger partial charge in [-0.3, -0.25) is 4.99 Å². The fourth-order valence-corrected chi connectivity index (χ4v) is 2.55. The Bertz CT molecular complexity index is 668. The van der Waals surface area contributed by atoms with E-state index in [0.29, 0.717) is 12.5 Å². The van der Waals surface area contributed by atoms with Gasteiger partial charge in [0.15, 0.2) is 11.7 Å². The lowest BCUT2D eigenvalue weighted by Gasteiger charge is -2.10. The second kappa shape index (κ2) is 12.1. The SMILES string of the molecule is CN=C(NCCCCOCCc1ccccc1)NCc1cc(C(C)C)no1. The molecular formula is C21H32N4O2. The summed E-state index contributed by atoms with van der Waals surface area (Å²) in [4.78, 5) is 4.23. The van der Waals surface area contributed by atoms with E-state index in [-0.39, 0.29) is 0 Å². The van der Waals surface area contributed by atoms with Crippen molar-refractivity contribution in [2.45, 2.75) is 45.6 Å². The van der Waals surface area contributed by atoms with E-state index in [1.54, 1.807) is 7.05 Å². The maximum absolute atomic E-state index is 5.70. The van der Waals surface area contributed by atoms with Gasteiger partial charge < -0.3 is 19.9 Å². The Labute approximate surface area is 162 Å². The van der Waals surface area contributed by atoms with Gasteiger partial charge >= 0.3 is 0 Å². The number of unbranched alkanes of at least 4 members (excludes halogenated alkanes) is 1. The van der Waals surface area contributed by atoms with Crippen molar-refractivity contribution in [3.63, 3.8) is 0 Å². The van der Waals surface area contributed by atoms with E-state index in [2.05, 4.69) is 58.9 Å². The molecule has 0 aliphatic rings. The van der Waals surface area contributed by atoms with Crippen molar-refractivity contribution in [1.29, 1.82) is 0 Å². The van der Waals surface area contributed by atoms with Gasteiger partial charge in [0.2, 0.25) is 0 Å². The monoisotopic (exact) mass is 372 g/mol. The van der Waals surface area contributed by atoms with Crippen molar-refractivity contribution >= 4 is 5.96 Å². The smallest absolute Gasteiger partial charge is 0.191 e. The first-order chi connectivity index (χ1) is 13.2. The molecule has 148 valence electrons. The average molecular weight is 373 g/mol. The molecule has 0 fully saturated rings. The third-order valence-electron chi connectivity index (χ3n) is 4.21. The first-order valence-corrected chi connectivity index (χ1v) is 9.70. The quantitative estimate of drug-likeness (QED) is 0.359. The van der Waals surface area contributed by atoms with E-state index in [0.717, 1.165) is 56.4 Å². The Morgan fingerprint density at radius 2 is 1.96 bits per heavy atom. The lowest BCUT2D eigenvalue weighted by molar-refractivity contribution is 0.133. The van der Waals surface area contributed by atoms with E-state index < -0.39 is 0 Å². The molecule has 0 aliphatic carbocycles. The number of rotatable bonds is 11. The number of benzene rings is 1. The van der Waals surface area contributed by atoms with Gasteiger partial charge in [-0.05, 0) is 30.7 Å². The lowest BCUT2D eigenvalue weighted by atomic mass is 10.1.